The number of hydrogen-bond donors (Lipinski definition) is 2. The molecule has 1 saturated carbocycles. The van der Waals surface area contributed by atoms with E-state index in [1.807, 2.05) is 26.8 Å². The molecule has 3 N–H and O–H groups in total. The van der Waals surface area contributed by atoms with Crippen LogP contribution in [0.1, 0.15) is 45.6 Å². The Morgan fingerprint density at radius 3 is 2.77 bits per heavy atom. The summed E-state index contributed by atoms with van der Waals surface area (Å²) in [6.07, 6.45) is 3.68. The molecule has 1 heterocycles. The molecule has 0 saturated heterocycles. The van der Waals surface area contributed by atoms with Crippen LogP contribution >= 0.6 is 15.9 Å². The van der Waals surface area contributed by atoms with Crippen LogP contribution in [0.5, 0.6) is 0 Å². The summed E-state index contributed by atoms with van der Waals surface area (Å²) in [7, 11) is 0. The van der Waals surface area contributed by atoms with Crippen LogP contribution in [0.3, 0.4) is 0 Å². The van der Waals surface area contributed by atoms with Gasteiger partial charge in [-0.2, -0.15) is 0 Å². The lowest BCUT2D eigenvalue weighted by Gasteiger charge is -2.22. The van der Waals surface area contributed by atoms with Crippen LogP contribution in [0.25, 0.3) is 0 Å². The first-order valence-corrected chi connectivity index (χ1v) is 7.90. The third-order valence-corrected chi connectivity index (χ3v) is 3.78. The van der Waals surface area contributed by atoms with Gasteiger partial charge in [-0.1, -0.05) is 11.8 Å². The van der Waals surface area contributed by atoms with E-state index >= 15 is 0 Å². The normalized spacial score (nSPS) is 15.5. The summed E-state index contributed by atoms with van der Waals surface area (Å²) in [6, 6.07) is 1.83. The fraction of sp³-hybridized carbons (Fsp3) is 0.500. The summed E-state index contributed by atoms with van der Waals surface area (Å²) in [4.78, 5) is 15.9. The molecular weight excluding hydrogens is 346 g/mol. The first kappa shape index (κ1) is 16.6. The molecule has 0 aliphatic heterocycles. The van der Waals surface area contributed by atoms with Gasteiger partial charge in [-0.3, -0.25) is 0 Å². The SMILES string of the molecule is CC(C)(C)OC(=O)NC1(CC#Cc2cnc(N)c(Br)c2)CC1. The number of anilines is 1. The van der Waals surface area contributed by atoms with Gasteiger partial charge in [0.25, 0.3) is 0 Å². The average molecular weight is 366 g/mol. The van der Waals surface area contributed by atoms with Crippen LogP contribution in [0.15, 0.2) is 16.7 Å². The lowest BCUT2D eigenvalue weighted by Crippen LogP contribution is -2.40. The van der Waals surface area contributed by atoms with Crippen molar-refractivity contribution in [2.45, 2.75) is 51.2 Å². The number of carbonyl (C=O) groups is 1. The largest absolute Gasteiger partial charge is 0.444 e. The van der Waals surface area contributed by atoms with E-state index < -0.39 is 5.60 Å². The molecule has 0 aromatic carbocycles. The molecular formula is C16H20BrN3O2. The molecule has 1 fully saturated rings. The molecule has 0 radical (unpaired) electrons. The molecule has 2 rings (SSSR count). The van der Waals surface area contributed by atoms with Gasteiger partial charge in [0, 0.05) is 18.2 Å². The van der Waals surface area contributed by atoms with E-state index in [1.165, 1.54) is 0 Å². The highest BCUT2D eigenvalue weighted by Gasteiger charge is 2.44. The average Bonchev–Trinajstić information content (AvgIpc) is 3.11. The highest BCUT2D eigenvalue weighted by Crippen LogP contribution is 2.38. The molecule has 0 spiro atoms. The minimum Gasteiger partial charge on any atom is -0.444 e. The minimum atomic E-state index is -0.492. The van der Waals surface area contributed by atoms with Crippen molar-refractivity contribution in [1.82, 2.24) is 10.3 Å². The third-order valence-electron chi connectivity index (χ3n) is 3.15. The number of pyridine rings is 1. The highest BCUT2D eigenvalue weighted by molar-refractivity contribution is 9.10. The van der Waals surface area contributed by atoms with Gasteiger partial charge >= 0.3 is 6.09 Å². The van der Waals surface area contributed by atoms with E-state index in [0.29, 0.717) is 12.2 Å². The van der Waals surface area contributed by atoms with E-state index in [-0.39, 0.29) is 11.6 Å². The second kappa shape index (κ2) is 6.17. The number of carbonyl (C=O) groups excluding carboxylic acids is 1. The molecule has 0 unspecified atom stereocenters. The van der Waals surface area contributed by atoms with Gasteiger partial charge in [0.1, 0.15) is 11.4 Å². The van der Waals surface area contributed by atoms with Crippen molar-refractivity contribution < 1.29 is 9.53 Å². The van der Waals surface area contributed by atoms with Gasteiger partial charge in [-0.15, -0.1) is 0 Å². The molecule has 22 heavy (non-hydrogen) atoms. The fourth-order valence-corrected chi connectivity index (χ4v) is 2.20. The topological polar surface area (TPSA) is 77.2 Å². The standard InChI is InChI=1S/C16H20BrN3O2/c1-15(2,3)22-14(21)20-16(7-8-16)6-4-5-11-9-12(17)13(18)19-10-11/h9-10H,6-8H2,1-3H3,(H2,18,19)(H,20,21). The molecule has 0 atom stereocenters. The summed E-state index contributed by atoms with van der Waals surface area (Å²) >= 11 is 3.32. The molecule has 1 aromatic heterocycles. The Balaban J connectivity index is 1.92. The number of aromatic nitrogens is 1. The van der Waals surface area contributed by atoms with Crippen LogP contribution in [0.4, 0.5) is 10.6 Å². The van der Waals surface area contributed by atoms with Crippen molar-refractivity contribution in [1.29, 1.82) is 0 Å². The van der Waals surface area contributed by atoms with E-state index in [4.69, 9.17) is 10.5 Å². The van der Waals surface area contributed by atoms with Crippen molar-refractivity contribution >= 4 is 27.8 Å². The van der Waals surface area contributed by atoms with Crippen molar-refractivity contribution in [3.05, 3.63) is 22.3 Å². The Hall–Kier alpha value is -1.74. The van der Waals surface area contributed by atoms with E-state index in [9.17, 15) is 4.79 Å². The smallest absolute Gasteiger partial charge is 0.408 e. The number of nitrogens with zero attached hydrogens (tertiary/aromatic N) is 1. The lowest BCUT2D eigenvalue weighted by atomic mass is 10.1. The molecule has 1 aliphatic rings. The monoisotopic (exact) mass is 365 g/mol. The number of ether oxygens (including phenoxy) is 1. The molecule has 1 aromatic rings. The number of nitrogen functional groups attached to an aromatic ring is 1. The number of nitrogens with two attached hydrogens (primary N) is 1. The number of halogens is 1. The summed E-state index contributed by atoms with van der Waals surface area (Å²) < 4.78 is 6.01. The Morgan fingerprint density at radius 1 is 1.55 bits per heavy atom. The summed E-state index contributed by atoms with van der Waals surface area (Å²) in [6.45, 7) is 5.54. The fourth-order valence-electron chi connectivity index (χ4n) is 1.85. The minimum absolute atomic E-state index is 0.242. The third kappa shape index (κ3) is 4.92. The second-order valence-corrected chi connectivity index (χ2v) is 7.33. The molecule has 1 aliphatic carbocycles. The van der Waals surface area contributed by atoms with Crippen molar-refractivity contribution in [3.8, 4) is 11.8 Å². The van der Waals surface area contributed by atoms with Gasteiger partial charge in [0.05, 0.1) is 10.0 Å². The second-order valence-electron chi connectivity index (χ2n) is 6.48. The van der Waals surface area contributed by atoms with Crippen molar-refractivity contribution in [3.63, 3.8) is 0 Å². The van der Waals surface area contributed by atoms with Crippen molar-refractivity contribution in [2.75, 3.05) is 5.73 Å². The summed E-state index contributed by atoms with van der Waals surface area (Å²) in [5.41, 5.74) is 5.69. The molecule has 5 nitrogen and oxygen atoms in total. The Labute approximate surface area is 139 Å². The number of amides is 1. The number of hydrogen-bond acceptors (Lipinski definition) is 4. The summed E-state index contributed by atoms with van der Waals surface area (Å²) in [5.74, 6) is 6.58. The molecule has 6 heteroatoms. The van der Waals surface area contributed by atoms with Crippen LogP contribution in [0, 0.1) is 11.8 Å². The van der Waals surface area contributed by atoms with Crippen molar-refractivity contribution in [2.24, 2.45) is 0 Å². The predicted octanol–water partition coefficient (Wildman–Crippen LogP) is 3.23. The first-order chi connectivity index (χ1) is 10.2. The number of nitrogens with one attached hydrogen (secondary N) is 1. The van der Waals surface area contributed by atoms with Crippen LogP contribution < -0.4 is 11.1 Å². The quantitative estimate of drug-likeness (QED) is 0.788. The Kier molecular flexibility index (Phi) is 4.66. The predicted molar refractivity (Wildman–Crippen MR) is 89.2 cm³/mol. The van der Waals surface area contributed by atoms with Crippen LogP contribution in [-0.4, -0.2) is 22.2 Å². The zero-order valence-electron chi connectivity index (χ0n) is 13.0. The van der Waals surface area contributed by atoms with Crippen LogP contribution in [0.2, 0.25) is 0 Å². The highest BCUT2D eigenvalue weighted by atomic mass is 79.9. The maximum Gasteiger partial charge on any atom is 0.408 e. The van der Waals surface area contributed by atoms with E-state index in [0.717, 1.165) is 22.9 Å². The molecule has 0 bridgehead atoms. The number of rotatable bonds is 2. The lowest BCUT2D eigenvalue weighted by molar-refractivity contribution is 0.0498. The van der Waals surface area contributed by atoms with Gasteiger partial charge in [-0.05, 0) is 55.6 Å². The van der Waals surface area contributed by atoms with Gasteiger partial charge in [-0.25, -0.2) is 9.78 Å². The maximum atomic E-state index is 11.8. The Morgan fingerprint density at radius 2 is 2.23 bits per heavy atom. The number of alkyl carbamates (subject to hydrolysis) is 1. The molecule has 1 amide bonds. The molecule has 118 valence electrons. The maximum absolute atomic E-state index is 11.8. The van der Waals surface area contributed by atoms with Gasteiger partial charge in [0.15, 0.2) is 0 Å². The Bertz CT molecular complexity index is 637. The van der Waals surface area contributed by atoms with Crippen LogP contribution in [-0.2, 0) is 4.74 Å². The zero-order chi connectivity index (χ0) is 16.4. The van der Waals surface area contributed by atoms with Gasteiger partial charge < -0.3 is 15.8 Å². The first-order valence-electron chi connectivity index (χ1n) is 7.10. The van der Waals surface area contributed by atoms with E-state index in [2.05, 4.69) is 38.1 Å². The zero-order valence-corrected chi connectivity index (χ0v) is 14.6. The van der Waals surface area contributed by atoms with Gasteiger partial charge in [0.2, 0.25) is 0 Å². The van der Waals surface area contributed by atoms with E-state index in [1.54, 1.807) is 6.20 Å². The summed E-state index contributed by atoms with van der Waals surface area (Å²) in [5, 5.41) is 2.92.